The monoisotopic (exact) mass is 279 g/mol. The second-order valence-electron chi connectivity index (χ2n) is 5.41. The fraction of sp³-hybridized carbons (Fsp3) is 0.278. The van der Waals surface area contributed by atoms with Crippen molar-refractivity contribution in [3.05, 3.63) is 60.2 Å². The molecule has 0 aromatic heterocycles. The van der Waals surface area contributed by atoms with Gasteiger partial charge in [0.2, 0.25) is 0 Å². The first kappa shape index (κ1) is 13.7. The van der Waals surface area contributed by atoms with E-state index in [-0.39, 0.29) is 0 Å². The summed E-state index contributed by atoms with van der Waals surface area (Å²) in [7, 11) is 0. The molecule has 3 heteroatoms. The van der Waals surface area contributed by atoms with Crippen LogP contribution in [0.25, 0.3) is 11.1 Å². The molecule has 3 rings (SSSR count). The van der Waals surface area contributed by atoms with E-state index in [0.717, 1.165) is 24.2 Å². The van der Waals surface area contributed by atoms with Gasteiger partial charge in [-0.15, -0.1) is 0 Å². The van der Waals surface area contributed by atoms with E-state index in [1.165, 1.54) is 24.8 Å². The minimum absolute atomic E-state index is 0.608. The highest BCUT2D eigenvalue weighted by Crippen LogP contribution is 2.23. The molecule has 2 aromatic rings. The van der Waals surface area contributed by atoms with Crippen molar-refractivity contribution in [1.29, 1.82) is 0 Å². The number of rotatable bonds is 3. The summed E-state index contributed by atoms with van der Waals surface area (Å²) in [5.74, 6) is 0.608. The summed E-state index contributed by atoms with van der Waals surface area (Å²) < 4.78 is 0. The Kier molecular flexibility index (Phi) is 4.20. The summed E-state index contributed by atoms with van der Waals surface area (Å²) in [6.07, 6.45) is 3.71. The lowest BCUT2D eigenvalue weighted by Gasteiger charge is -2.24. The van der Waals surface area contributed by atoms with Gasteiger partial charge in [-0.3, -0.25) is 5.01 Å². The Labute approximate surface area is 126 Å². The van der Waals surface area contributed by atoms with Gasteiger partial charge in [0.25, 0.3) is 0 Å². The third-order valence-electron chi connectivity index (χ3n) is 3.87. The van der Waals surface area contributed by atoms with Gasteiger partial charge < -0.3 is 5.73 Å². The van der Waals surface area contributed by atoms with Gasteiger partial charge in [-0.05, 0) is 30.4 Å². The van der Waals surface area contributed by atoms with Gasteiger partial charge in [0.05, 0.1) is 0 Å². The Bertz CT molecular complexity index is 613. The van der Waals surface area contributed by atoms with Gasteiger partial charge in [-0.2, -0.15) is 5.10 Å². The lowest BCUT2D eigenvalue weighted by Crippen LogP contribution is -2.28. The van der Waals surface area contributed by atoms with E-state index in [1.54, 1.807) is 0 Å². The zero-order valence-corrected chi connectivity index (χ0v) is 12.2. The number of hydrazone groups is 1. The summed E-state index contributed by atoms with van der Waals surface area (Å²) in [6, 6.07) is 18.5. The zero-order chi connectivity index (χ0) is 14.5. The topological polar surface area (TPSA) is 41.6 Å². The number of benzene rings is 2. The molecule has 1 saturated heterocycles. The Morgan fingerprint density at radius 3 is 2.29 bits per heavy atom. The average molecular weight is 279 g/mol. The maximum absolute atomic E-state index is 6.27. The number of hydrogen-bond donors (Lipinski definition) is 1. The number of amidine groups is 1. The minimum Gasteiger partial charge on any atom is -0.382 e. The molecule has 0 saturated carbocycles. The zero-order valence-electron chi connectivity index (χ0n) is 12.2. The van der Waals surface area contributed by atoms with Crippen molar-refractivity contribution in [3.8, 4) is 11.1 Å². The van der Waals surface area contributed by atoms with Gasteiger partial charge in [-0.25, -0.2) is 0 Å². The molecule has 108 valence electrons. The Balaban J connectivity index is 1.93. The van der Waals surface area contributed by atoms with Gasteiger partial charge in [0.15, 0.2) is 5.84 Å². The summed E-state index contributed by atoms with van der Waals surface area (Å²) in [5.41, 5.74) is 9.59. The van der Waals surface area contributed by atoms with E-state index in [9.17, 15) is 0 Å². The van der Waals surface area contributed by atoms with Gasteiger partial charge in [0.1, 0.15) is 0 Å². The molecule has 1 fully saturated rings. The Morgan fingerprint density at radius 1 is 0.857 bits per heavy atom. The van der Waals surface area contributed by atoms with Crippen LogP contribution < -0.4 is 5.73 Å². The van der Waals surface area contributed by atoms with Crippen LogP contribution in [0.5, 0.6) is 0 Å². The van der Waals surface area contributed by atoms with Crippen LogP contribution in [0, 0.1) is 0 Å². The fourth-order valence-electron chi connectivity index (χ4n) is 2.76. The van der Waals surface area contributed by atoms with Crippen molar-refractivity contribution >= 4 is 5.84 Å². The minimum atomic E-state index is 0.608. The lowest BCUT2D eigenvalue weighted by molar-refractivity contribution is 0.239. The van der Waals surface area contributed by atoms with E-state index >= 15 is 0 Å². The van der Waals surface area contributed by atoms with Crippen molar-refractivity contribution in [2.75, 3.05) is 13.1 Å². The maximum Gasteiger partial charge on any atom is 0.151 e. The third kappa shape index (κ3) is 3.24. The predicted octanol–water partition coefficient (Wildman–Crippen LogP) is 3.46. The van der Waals surface area contributed by atoms with Crippen molar-refractivity contribution in [2.45, 2.75) is 19.3 Å². The van der Waals surface area contributed by atoms with Crippen LogP contribution in [0.1, 0.15) is 24.8 Å². The SMILES string of the molecule is N/C(=N\N1CCCCC1)c1ccccc1-c1ccccc1. The molecule has 0 unspecified atom stereocenters. The molecule has 1 aliphatic heterocycles. The molecule has 21 heavy (non-hydrogen) atoms. The molecule has 2 aromatic carbocycles. The third-order valence-corrected chi connectivity index (χ3v) is 3.87. The van der Waals surface area contributed by atoms with Crippen LogP contribution in [-0.4, -0.2) is 23.9 Å². The molecule has 0 aliphatic carbocycles. The number of nitrogens with zero attached hydrogens (tertiary/aromatic N) is 2. The molecule has 1 aliphatic rings. The standard InChI is InChI=1S/C18H21N3/c19-18(20-21-13-7-2-8-14-21)17-12-6-5-11-16(17)15-9-3-1-4-10-15/h1,3-6,9-12H,2,7-8,13-14H2,(H2,19,20). The lowest BCUT2D eigenvalue weighted by atomic mass is 9.99. The van der Waals surface area contributed by atoms with Crippen LogP contribution in [0.4, 0.5) is 0 Å². The van der Waals surface area contributed by atoms with E-state index in [0.29, 0.717) is 5.84 Å². The smallest absolute Gasteiger partial charge is 0.151 e. The largest absolute Gasteiger partial charge is 0.382 e. The Hall–Kier alpha value is -2.29. The van der Waals surface area contributed by atoms with Gasteiger partial charge in [-0.1, -0.05) is 54.6 Å². The van der Waals surface area contributed by atoms with E-state index < -0.39 is 0 Å². The van der Waals surface area contributed by atoms with Crippen LogP contribution in [0.15, 0.2) is 59.7 Å². The molecule has 2 N–H and O–H groups in total. The predicted molar refractivity (Wildman–Crippen MR) is 88.0 cm³/mol. The number of hydrogen-bond acceptors (Lipinski definition) is 2. The molecular weight excluding hydrogens is 258 g/mol. The summed E-state index contributed by atoms with van der Waals surface area (Å²) in [6.45, 7) is 2.02. The second kappa shape index (κ2) is 6.44. The van der Waals surface area contributed by atoms with Gasteiger partial charge >= 0.3 is 0 Å². The molecular formula is C18H21N3. The number of piperidine rings is 1. The summed E-state index contributed by atoms with van der Waals surface area (Å²) in [5, 5.41) is 6.72. The first-order valence-corrected chi connectivity index (χ1v) is 7.58. The van der Waals surface area contributed by atoms with Crippen molar-refractivity contribution in [3.63, 3.8) is 0 Å². The van der Waals surface area contributed by atoms with E-state index in [1.807, 2.05) is 36.4 Å². The highest BCUT2D eigenvalue weighted by atomic mass is 15.5. The molecule has 0 bridgehead atoms. The van der Waals surface area contributed by atoms with Crippen molar-refractivity contribution in [1.82, 2.24) is 5.01 Å². The molecule has 0 spiro atoms. The summed E-state index contributed by atoms with van der Waals surface area (Å²) >= 11 is 0. The first-order chi connectivity index (χ1) is 10.3. The molecule has 3 nitrogen and oxygen atoms in total. The van der Waals surface area contributed by atoms with Gasteiger partial charge in [0, 0.05) is 18.7 Å². The first-order valence-electron chi connectivity index (χ1n) is 7.58. The molecule has 1 heterocycles. The van der Waals surface area contributed by atoms with Crippen molar-refractivity contribution < 1.29 is 0 Å². The van der Waals surface area contributed by atoms with Crippen LogP contribution in [0.3, 0.4) is 0 Å². The van der Waals surface area contributed by atoms with Crippen LogP contribution >= 0.6 is 0 Å². The fourth-order valence-corrected chi connectivity index (χ4v) is 2.76. The van der Waals surface area contributed by atoms with Crippen LogP contribution in [-0.2, 0) is 0 Å². The molecule has 0 radical (unpaired) electrons. The van der Waals surface area contributed by atoms with E-state index in [4.69, 9.17) is 5.73 Å². The molecule has 0 amide bonds. The Morgan fingerprint density at radius 2 is 1.52 bits per heavy atom. The quantitative estimate of drug-likeness (QED) is 0.690. The maximum atomic E-state index is 6.27. The van der Waals surface area contributed by atoms with Crippen LogP contribution in [0.2, 0.25) is 0 Å². The van der Waals surface area contributed by atoms with E-state index in [2.05, 4.69) is 28.3 Å². The second-order valence-corrected chi connectivity index (χ2v) is 5.41. The average Bonchev–Trinajstić information content (AvgIpc) is 2.56. The van der Waals surface area contributed by atoms with Crippen molar-refractivity contribution in [2.24, 2.45) is 10.8 Å². The highest BCUT2D eigenvalue weighted by molar-refractivity contribution is 6.03. The summed E-state index contributed by atoms with van der Waals surface area (Å²) in [4.78, 5) is 0. The normalized spacial score (nSPS) is 16.0. The highest BCUT2D eigenvalue weighted by Gasteiger charge is 2.11. The molecule has 0 atom stereocenters. The number of nitrogens with two attached hydrogens (primary N) is 1.